The Hall–Kier alpha value is -3.05. The Labute approximate surface area is 165 Å². The number of ether oxygens (including phenoxy) is 1. The normalized spacial score (nSPS) is 15.2. The first-order valence-corrected chi connectivity index (χ1v) is 9.53. The van der Waals surface area contributed by atoms with Crippen LogP contribution in [0.15, 0.2) is 67.0 Å². The number of carbonyl (C=O) groups excluding carboxylic acids is 1. The van der Waals surface area contributed by atoms with E-state index in [9.17, 15) is 4.79 Å². The fourth-order valence-corrected chi connectivity index (χ4v) is 3.58. The third-order valence-electron chi connectivity index (χ3n) is 5.05. The first-order chi connectivity index (χ1) is 13.7. The van der Waals surface area contributed by atoms with Crippen LogP contribution in [0, 0.1) is 6.92 Å². The van der Waals surface area contributed by atoms with Gasteiger partial charge in [-0.3, -0.25) is 9.78 Å². The molecule has 1 fully saturated rings. The standard InChI is InChI=1S/C23H23N3O2/c1-17-3-2-4-21(25-17)23(27)22(19-9-11-24-12-10-19)18-5-7-20(8-6-18)26-13-15-28-16-14-26/h2-12,22H,13-16H2,1H3. The van der Waals surface area contributed by atoms with Gasteiger partial charge < -0.3 is 9.64 Å². The van der Waals surface area contributed by atoms with Gasteiger partial charge in [0.25, 0.3) is 0 Å². The average Bonchev–Trinajstić information content (AvgIpc) is 2.76. The highest BCUT2D eigenvalue weighted by Gasteiger charge is 2.25. The molecule has 4 rings (SSSR count). The van der Waals surface area contributed by atoms with E-state index in [1.807, 2.05) is 43.3 Å². The molecule has 5 heteroatoms. The molecule has 1 atom stereocenters. The molecule has 1 aromatic carbocycles. The lowest BCUT2D eigenvalue weighted by Crippen LogP contribution is -2.36. The quantitative estimate of drug-likeness (QED) is 0.639. The van der Waals surface area contributed by atoms with Crippen molar-refractivity contribution in [2.45, 2.75) is 12.8 Å². The number of anilines is 1. The number of nitrogens with zero attached hydrogens (tertiary/aromatic N) is 3. The number of carbonyl (C=O) groups is 1. The fourth-order valence-electron chi connectivity index (χ4n) is 3.58. The summed E-state index contributed by atoms with van der Waals surface area (Å²) < 4.78 is 5.43. The summed E-state index contributed by atoms with van der Waals surface area (Å²) >= 11 is 0. The van der Waals surface area contributed by atoms with Crippen LogP contribution in [-0.2, 0) is 4.74 Å². The first-order valence-electron chi connectivity index (χ1n) is 9.53. The smallest absolute Gasteiger partial charge is 0.192 e. The number of benzene rings is 1. The van der Waals surface area contributed by atoms with E-state index >= 15 is 0 Å². The molecule has 0 saturated carbocycles. The molecular formula is C23H23N3O2. The van der Waals surface area contributed by atoms with Gasteiger partial charge in [0.2, 0.25) is 0 Å². The molecule has 2 aromatic heterocycles. The summed E-state index contributed by atoms with van der Waals surface area (Å²) in [5.41, 5.74) is 4.35. The van der Waals surface area contributed by atoms with Gasteiger partial charge in [-0.15, -0.1) is 0 Å². The number of morpholine rings is 1. The van der Waals surface area contributed by atoms with Crippen LogP contribution >= 0.6 is 0 Å². The van der Waals surface area contributed by atoms with Crippen molar-refractivity contribution in [3.8, 4) is 0 Å². The van der Waals surface area contributed by atoms with Crippen molar-refractivity contribution >= 4 is 11.5 Å². The van der Waals surface area contributed by atoms with Crippen molar-refractivity contribution in [3.63, 3.8) is 0 Å². The molecule has 1 saturated heterocycles. The number of hydrogen-bond donors (Lipinski definition) is 0. The highest BCUT2D eigenvalue weighted by atomic mass is 16.5. The van der Waals surface area contributed by atoms with E-state index in [1.54, 1.807) is 18.5 Å². The largest absolute Gasteiger partial charge is 0.378 e. The molecule has 0 amide bonds. The van der Waals surface area contributed by atoms with Gasteiger partial charge >= 0.3 is 0 Å². The van der Waals surface area contributed by atoms with E-state index in [0.717, 1.165) is 48.8 Å². The monoisotopic (exact) mass is 373 g/mol. The first kappa shape index (κ1) is 18.3. The van der Waals surface area contributed by atoms with Crippen LogP contribution in [0.5, 0.6) is 0 Å². The van der Waals surface area contributed by atoms with Crippen molar-refractivity contribution in [3.05, 3.63) is 89.5 Å². The third-order valence-corrected chi connectivity index (χ3v) is 5.05. The van der Waals surface area contributed by atoms with Crippen LogP contribution in [0.25, 0.3) is 0 Å². The molecule has 0 aliphatic carbocycles. The molecule has 142 valence electrons. The third kappa shape index (κ3) is 3.94. The maximum Gasteiger partial charge on any atom is 0.192 e. The van der Waals surface area contributed by atoms with Gasteiger partial charge in [0.1, 0.15) is 5.69 Å². The molecule has 0 radical (unpaired) electrons. The molecule has 3 aromatic rings. The summed E-state index contributed by atoms with van der Waals surface area (Å²) in [6, 6.07) is 17.6. The van der Waals surface area contributed by atoms with Crippen LogP contribution in [-0.4, -0.2) is 42.1 Å². The molecule has 1 aliphatic rings. The second kappa shape index (κ2) is 8.31. The van der Waals surface area contributed by atoms with Crippen molar-refractivity contribution < 1.29 is 9.53 Å². The zero-order valence-electron chi connectivity index (χ0n) is 15.9. The topological polar surface area (TPSA) is 55.3 Å². The van der Waals surface area contributed by atoms with Crippen molar-refractivity contribution in [1.29, 1.82) is 0 Å². The summed E-state index contributed by atoms with van der Waals surface area (Å²) in [7, 11) is 0. The molecule has 0 bridgehead atoms. The van der Waals surface area contributed by atoms with E-state index in [-0.39, 0.29) is 5.78 Å². The molecular weight excluding hydrogens is 350 g/mol. The summed E-state index contributed by atoms with van der Waals surface area (Å²) in [5.74, 6) is -0.412. The average molecular weight is 373 g/mol. The van der Waals surface area contributed by atoms with Gasteiger partial charge in [0.05, 0.1) is 19.1 Å². The second-order valence-corrected chi connectivity index (χ2v) is 6.93. The molecule has 28 heavy (non-hydrogen) atoms. The lowest BCUT2D eigenvalue weighted by molar-refractivity contribution is 0.0969. The van der Waals surface area contributed by atoms with E-state index in [2.05, 4.69) is 27.0 Å². The lowest BCUT2D eigenvalue weighted by atomic mass is 9.86. The van der Waals surface area contributed by atoms with Crippen molar-refractivity contribution in [2.75, 3.05) is 31.2 Å². The van der Waals surface area contributed by atoms with Gasteiger partial charge in [0, 0.05) is 36.9 Å². The molecule has 0 spiro atoms. The van der Waals surface area contributed by atoms with Crippen LogP contribution in [0.3, 0.4) is 0 Å². The minimum Gasteiger partial charge on any atom is -0.378 e. The number of rotatable bonds is 5. The Balaban J connectivity index is 1.68. The molecule has 1 unspecified atom stereocenters. The Kier molecular flexibility index (Phi) is 5.44. The summed E-state index contributed by atoms with van der Waals surface area (Å²) in [4.78, 5) is 24.2. The zero-order valence-corrected chi connectivity index (χ0v) is 15.9. The maximum absolute atomic E-state index is 13.4. The highest BCUT2D eigenvalue weighted by molar-refractivity contribution is 6.01. The van der Waals surface area contributed by atoms with Crippen LogP contribution < -0.4 is 4.90 Å². The number of Topliss-reactive ketones (excluding diaryl/α,β-unsaturated/α-hetero) is 1. The van der Waals surface area contributed by atoms with Crippen LogP contribution in [0.4, 0.5) is 5.69 Å². The van der Waals surface area contributed by atoms with Crippen LogP contribution in [0.2, 0.25) is 0 Å². The van der Waals surface area contributed by atoms with Crippen LogP contribution in [0.1, 0.15) is 33.2 Å². The number of hydrogen-bond acceptors (Lipinski definition) is 5. The number of aromatic nitrogens is 2. The molecule has 3 heterocycles. The van der Waals surface area contributed by atoms with Crippen molar-refractivity contribution in [1.82, 2.24) is 9.97 Å². The molecule has 1 aliphatic heterocycles. The van der Waals surface area contributed by atoms with E-state index in [0.29, 0.717) is 5.69 Å². The van der Waals surface area contributed by atoms with Gasteiger partial charge in [-0.2, -0.15) is 0 Å². The van der Waals surface area contributed by atoms with E-state index in [4.69, 9.17) is 4.74 Å². The summed E-state index contributed by atoms with van der Waals surface area (Å²) in [6.45, 7) is 5.17. The van der Waals surface area contributed by atoms with E-state index in [1.165, 1.54) is 0 Å². The fraction of sp³-hybridized carbons (Fsp3) is 0.261. The Morgan fingerprint density at radius 3 is 2.32 bits per heavy atom. The summed E-state index contributed by atoms with van der Waals surface area (Å²) in [5, 5.41) is 0. The molecule has 5 nitrogen and oxygen atoms in total. The Morgan fingerprint density at radius 2 is 1.64 bits per heavy atom. The zero-order chi connectivity index (χ0) is 19.3. The predicted molar refractivity (Wildman–Crippen MR) is 109 cm³/mol. The van der Waals surface area contributed by atoms with Gasteiger partial charge in [-0.1, -0.05) is 18.2 Å². The van der Waals surface area contributed by atoms with Gasteiger partial charge in [-0.25, -0.2) is 4.98 Å². The predicted octanol–water partition coefficient (Wildman–Crippen LogP) is 3.64. The van der Waals surface area contributed by atoms with E-state index < -0.39 is 5.92 Å². The second-order valence-electron chi connectivity index (χ2n) is 6.93. The lowest BCUT2D eigenvalue weighted by Gasteiger charge is -2.29. The van der Waals surface area contributed by atoms with Crippen molar-refractivity contribution in [2.24, 2.45) is 0 Å². The van der Waals surface area contributed by atoms with Gasteiger partial charge in [-0.05, 0) is 54.4 Å². The Bertz CT molecular complexity index is 936. The Morgan fingerprint density at radius 1 is 0.964 bits per heavy atom. The number of aryl methyl sites for hydroxylation is 1. The molecule has 0 N–H and O–H groups in total. The maximum atomic E-state index is 13.4. The summed E-state index contributed by atoms with van der Waals surface area (Å²) in [6.07, 6.45) is 3.45. The van der Waals surface area contributed by atoms with Gasteiger partial charge in [0.15, 0.2) is 5.78 Å². The minimum atomic E-state index is -0.406. The number of ketones is 1. The minimum absolute atomic E-state index is 0.00553. The highest BCUT2D eigenvalue weighted by Crippen LogP contribution is 2.29. The number of pyridine rings is 2. The SMILES string of the molecule is Cc1cccc(C(=O)C(c2ccncc2)c2ccc(N3CCOCC3)cc2)n1.